The lowest BCUT2D eigenvalue weighted by Crippen LogP contribution is -2.06. The molecule has 0 saturated carbocycles. The van der Waals surface area contributed by atoms with E-state index in [0.29, 0.717) is 0 Å². The van der Waals surface area contributed by atoms with E-state index in [9.17, 15) is 4.79 Å². The SMILES string of the molecule is CCc1c(C)cccc1C(=O)c1ccccc1. The third kappa shape index (κ3) is 2.28. The zero-order valence-electron chi connectivity index (χ0n) is 10.2. The summed E-state index contributed by atoms with van der Waals surface area (Å²) in [6, 6.07) is 15.4. The van der Waals surface area contributed by atoms with Gasteiger partial charge in [-0.15, -0.1) is 0 Å². The summed E-state index contributed by atoms with van der Waals surface area (Å²) in [5, 5.41) is 0. The van der Waals surface area contributed by atoms with E-state index in [1.807, 2.05) is 42.5 Å². The highest BCUT2D eigenvalue weighted by Crippen LogP contribution is 2.18. The zero-order chi connectivity index (χ0) is 12.3. The van der Waals surface area contributed by atoms with Gasteiger partial charge in [-0.05, 0) is 24.5 Å². The minimum Gasteiger partial charge on any atom is -0.289 e. The maximum Gasteiger partial charge on any atom is 0.193 e. The van der Waals surface area contributed by atoms with E-state index < -0.39 is 0 Å². The van der Waals surface area contributed by atoms with Gasteiger partial charge in [0, 0.05) is 11.1 Å². The molecule has 2 rings (SSSR count). The van der Waals surface area contributed by atoms with Crippen LogP contribution in [0, 0.1) is 6.92 Å². The molecule has 0 aliphatic heterocycles. The van der Waals surface area contributed by atoms with Crippen LogP contribution in [0.4, 0.5) is 0 Å². The van der Waals surface area contributed by atoms with Crippen LogP contribution in [0.2, 0.25) is 0 Å². The first-order chi connectivity index (χ1) is 8.24. The highest BCUT2D eigenvalue weighted by Gasteiger charge is 2.13. The molecule has 2 aromatic carbocycles. The average molecular weight is 224 g/mol. The Morgan fingerprint density at radius 1 is 1.00 bits per heavy atom. The largest absolute Gasteiger partial charge is 0.289 e. The molecular weight excluding hydrogens is 208 g/mol. The molecule has 0 bridgehead atoms. The zero-order valence-corrected chi connectivity index (χ0v) is 10.2. The van der Waals surface area contributed by atoms with Crippen molar-refractivity contribution >= 4 is 5.78 Å². The fraction of sp³-hybridized carbons (Fsp3) is 0.188. The Balaban J connectivity index is 2.48. The van der Waals surface area contributed by atoms with Crippen LogP contribution in [-0.4, -0.2) is 5.78 Å². The summed E-state index contributed by atoms with van der Waals surface area (Å²) < 4.78 is 0. The molecule has 0 amide bonds. The molecule has 0 N–H and O–H groups in total. The number of benzene rings is 2. The minimum absolute atomic E-state index is 0.117. The van der Waals surface area contributed by atoms with Crippen LogP contribution in [0.1, 0.15) is 34.0 Å². The van der Waals surface area contributed by atoms with Gasteiger partial charge >= 0.3 is 0 Å². The van der Waals surface area contributed by atoms with Gasteiger partial charge in [-0.25, -0.2) is 0 Å². The van der Waals surface area contributed by atoms with Crippen LogP contribution in [0.3, 0.4) is 0 Å². The molecule has 0 spiro atoms. The molecule has 0 unspecified atom stereocenters. The molecule has 1 nitrogen and oxygen atoms in total. The number of carbonyl (C=O) groups excluding carboxylic acids is 1. The minimum atomic E-state index is 0.117. The van der Waals surface area contributed by atoms with Gasteiger partial charge in [0.25, 0.3) is 0 Å². The van der Waals surface area contributed by atoms with E-state index >= 15 is 0 Å². The molecule has 0 heterocycles. The molecule has 0 atom stereocenters. The molecule has 0 aliphatic carbocycles. The Labute approximate surface area is 102 Å². The molecule has 1 heteroatoms. The summed E-state index contributed by atoms with van der Waals surface area (Å²) in [5.41, 5.74) is 3.93. The molecule has 17 heavy (non-hydrogen) atoms. The lowest BCUT2D eigenvalue weighted by atomic mass is 9.94. The lowest BCUT2D eigenvalue weighted by molar-refractivity contribution is 0.103. The molecule has 0 fully saturated rings. The maximum atomic E-state index is 12.4. The smallest absolute Gasteiger partial charge is 0.193 e. The number of rotatable bonds is 3. The van der Waals surface area contributed by atoms with Crippen LogP contribution in [0.5, 0.6) is 0 Å². The number of ketones is 1. The first kappa shape index (κ1) is 11.6. The topological polar surface area (TPSA) is 17.1 Å². The summed E-state index contributed by atoms with van der Waals surface area (Å²) in [4.78, 5) is 12.4. The summed E-state index contributed by atoms with van der Waals surface area (Å²) in [7, 11) is 0. The van der Waals surface area contributed by atoms with Crippen LogP contribution in [0.15, 0.2) is 48.5 Å². The number of hydrogen-bond donors (Lipinski definition) is 0. The van der Waals surface area contributed by atoms with Crippen LogP contribution in [-0.2, 0) is 6.42 Å². The molecule has 2 aromatic rings. The number of aryl methyl sites for hydroxylation is 1. The van der Waals surface area contributed by atoms with Gasteiger partial charge in [0.1, 0.15) is 0 Å². The van der Waals surface area contributed by atoms with Crippen molar-refractivity contribution in [2.75, 3.05) is 0 Å². The molecule has 86 valence electrons. The fourth-order valence-corrected chi connectivity index (χ4v) is 2.13. The summed E-state index contributed by atoms with van der Waals surface area (Å²) in [6.07, 6.45) is 0.889. The van der Waals surface area contributed by atoms with Crippen molar-refractivity contribution in [2.24, 2.45) is 0 Å². The Kier molecular flexibility index (Phi) is 3.38. The Morgan fingerprint density at radius 3 is 2.35 bits per heavy atom. The second-order valence-electron chi connectivity index (χ2n) is 4.15. The van der Waals surface area contributed by atoms with Gasteiger partial charge in [-0.3, -0.25) is 4.79 Å². The van der Waals surface area contributed by atoms with Crippen molar-refractivity contribution in [3.8, 4) is 0 Å². The molecule has 0 saturated heterocycles. The van der Waals surface area contributed by atoms with Crippen molar-refractivity contribution in [3.05, 3.63) is 70.8 Å². The monoisotopic (exact) mass is 224 g/mol. The van der Waals surface area contributed by atoms with Crippen molar-refractivity contribution < 1.29 is 4.79 Å². The van der Waals surface area contributed by atoms with E-state index in [-0.39, 0.29) is 5.78 Å². The van der Waals surface area contributed by atoms with E-state index in [4.69, 9.17) is 0 Å². The van der Waals surface area contributed by atoms with Gasteiger partial charge in [0.05, 0.1) is 0 Å². The fourth-order valence-electron chi connectivity index (χ4n) is 2.13. The third-order valence-electron chi connectivity index (χ3n) is 3.04. The van der Waals surface area contributed by atoms with Gasteiger partial charge < -0.3 is 0 Å². The Hall–Kier alpha value is -1.89. The Bertz CT molecular complexity index is 526. The van der Waals surface area contributed by atoms with Crippen molar-refractivity contribution in [2.45, 2.75) is 20.3 Å². The summed E-state index contributed by atoms with van der Waals surface area (Å²) >= 11 is 0. The number of hydrogen-bond acceptors (Lipinski definition) is 1. The van der Waals surface area contributed by atoms with E-state index in [2.05, 4.69) is 19.9 Å². The normalized spacial score (nSPS) is 10.2. The van der Waals surface area contributed by atoms with Gasteiger partial charge in [0.2, 0.25) is 0 Å². The van der Waals surface area contributed by atoms with Gasteiger partial charge in [-0.2, -0.15) is 0 Å². The molecule has 0 aliphatic rings. The van der Waals surface area contributed by atoms with Gasteiger partial charge in [0.15, 0.2) is 5.78 Å². The second kappa shape index (κ2) is 4.96. The number of carbonyl (C=O) groups is 1. The third-order valence-corrected chi connectivity index (χ3v) is 3.04. The van der Waals surface area contributed by atoms with Crippen molar-refractivity contribution in [1.82, 2.24) is 0 Å². The quantitative estimate of drug-likeness (QED) is 0.725. The van der Waals surface area contributed by atoms with Crippen LogP contribution in [0.25, 0.3) is 0 Å². The van der Waals surface area contributed by atoms with E-state index in [0.717, 1.165) is 23.1 Å². The molecular formula is C16H16O. The highest BCUT2D eigenvalue weighted by atomic mass is 16.1. The summed E-state index contributed by atoms with van der Waals surface area (Å²) in [6.45, 7) is 4.14. The van der Waals surface area contributed by atoms with Crippen LogP contribution >= 0.6 is 0 Å². The van der Waals surface area contributed by atoms with Crippen LogP contribution < -0.4 is 0 Å². The summed E-state index contributed by atoms with van der Waals surface area (Å²) in [5.74, 6) is 0.117. The van der Waals surface area contributed by atoms with Crippen molar-refractivity contribution in [1.29, 1.82) is 0 Å². The average Bonchev–Trinajstić information content (AvgIpc) is 2.38. The maximum absolute atomic E-state index is 12.4. The molecule has 0 aromatic heterocycles. The van der Waals surface area contributed by atoms with E-state index in [1.165, 1.54) is 5.56 Å². The predicted octanol–water partition coefficient (Wildman–Crippen LogP) is 3.79. The first-order valence-corrected chi connectivity index (χ1v) is 5.92. The Morgan fingerprint density at radius 2 is 1.71 bits per heavy atom. The standard InChI is InChI=1S/C16H16O/c1-3-14-12(2)8-7-11-15(14)16(17)13-9-5-4-6-10-13/h4-11H,3H2,1-2H3. The predicted molar refractivity (Wildman–Crippen MR) is 70.4 cm³/mol. The second-order valence-corrected chi connectivity index (χ2v) is 4.15. The van der Waals surface area contributed by atoms with Gasteiger partial charge in [-0.1, -0.05) is 55.5 Å². The first-order valence-electron chi connectivity index (χ1n) is 5.92. The van der Waals surface area contributed by atoms with Crippen molar-refractivity contribution in [3.63, 3.8) is 0 Å². The highest BCUT2D eigenvalue weighted by molar-refractivity contribution is 6.10. The molecule has 0 radical (unpaired) electrons. The van der Waals surface area contributed by atoms with E-state index in [1.54, 1.807) is 0 Å². The lowest BCUT2D eigenvalue weighted by Gasteiger charge is -2.09.